The van der Waals surface area contributed by atoms with Crippen LogP contribution in [-0.2, 0) is 12.8 Å². The first kappa shape index (κ1) is 35.5. The Morgan fingerprint density at radius 3 is 1.07 bits per heavy atom. The van der Waals surface area contributed by atoms with E-state index in [1.165, 1.54) is 65.9 Å². The molecular weight excluding hydrogens is 665 g/mol. The van der Waals surface area contributed by atoms with Gasteiger partial charge in [0.2, 0.25) is 0 Å². The summed E-state index contributed by atoms with van der Waals surface area (Å²) in [4.78, 5) is 4.87. The van der Waals surface area contributed by atoms with Crippen LogP contribution in [0.25, 0.3) is 55.0 Å². The Morgan fingerprint density at radius 2 is 0.759 bits per heavy atom. The number of methoxy groups -OCH3 is 2. The van der Waals surface area contributed by atoms with Gasteiger partial charge in [-0.2, -0.15) is 0 Å². The van der Waals surface area contributed by atoms with Crippen molar-refractivity contribution in [1.29, 1.82) is 0 Å². The summed E-state index contributed by atoms with van der Waals surface area (Å²) in [5.74, 6) is 1.90. The van der Waals surface area contributed by atoms with Crippen LogP contribution in [-0.4, -0.2) is 73.4 Å². The van der Waals surface area contributed by atoms with Gasteiger partial charge in [0.15, 0.2) is 0 Å². The number of nitrogens with zero attached hydrogens (tertiary/aromatic N) is 4. The van der Waals surface area contributed by atoms with E-state index in [4.69, 9.17) is 9.47 Å². The van der Waals surface area contributed by atoms with E-state index in [1.54, 1.807) is 14.2 Å². The van der Waals surface area contributed by atoms with E-state index < -0.39 is 0 Å². The molecule has 6 aromatic carbocycles. The minimum absolute atomic E-state index is 0.904. The van der Waals surface area contributed by atoms with Crippen LogP contribution in [0.15, 0.2) is 121 Å². The Kier molecular flexibility index (Phi) is 9.89. The Balaban J connectivity index is 0.960. The number of fused-ring (bicyclic) bond motifs is 6. The fraction of sp³-hybridized carbons (Fsp3) is 0.250. The molecule has 2 aromatic heterocycles. The first-order chi connectivity index (χ1) is 26.4. The van der Waals surface area contributed by atoms with Crippen molar-refractivity contribution in [3.63, 3.8) is 0 Å². The summed E-state index contributed by atoms with van der Waals surface area (Å²) in [6, 6.07) is 43.7. The Labute approximate surface area is 318 Å². The summed E-state index contributed by atoms with van der Waals surface area (Å²) < 4.78 is 17.1. The molecule has 0 saturated carbocycles. The smallest absolute Gasteiger partial charge is 0.146 e. The molecular formula is C48H50N4O2. The predicted octanol–water partition coefficient (Wildman–Crippen LogP) is 10.2. The maximum Gasteiger partial charge on any atom is 0.146 e. The molecule has 6 nitrogen and oxygen atoms in total. The van der Waals surface area contributed by atoms with Gasteiger partial charge in [0.1, 0.15) is 11.5 Å². The maximum absolute atomic E-state index is 6.20. The molecule has 0 fully saturated rings. The Morgan fingerprint density at radius 1 is 0.444 bits per heavy atom. The van der Waals surface area contributed by atoms with Crippen molar-refractivity contribution in [2.24, 2.45) is 0 Å². The third-order valence-corrected chi connectivity index (χ3v) is 11.0. The van der Waals surface area contributed by atoms with Crippen molar-refractivity contribution in [3.05, 3.63) is 144 Å². The maximum atomic E-state index is 6.20. The van der Waals surface area contributed by atoms with Crippen molar-refractivity contribution in [1.82, 2.24) is 18.9 Å². The molecule has 0 spiro atoms. The second kappa shape index (κ2) is 15.1. The monoisotopic (exact) mass is 714 g/mol. The molecule has 0 aliphatic heterocycles. The first-order valence-electron chi connectivity index (χ1n) is 19.1. The minimum Gasteiger partial charge on any atom is -0.494 e. The van der Waals surface area contributed by atoms with Crippen LogP contribution in [0.5, 0.6) is 11.5 Å². The largest absolute Gasteiger partial charge is 0.494 e. The van der Waals surface area contributed by atoms with E-state index in [0.717, 1.165) is 61.9 Å². The highest BCUT2D eigenvalue weighted by Gasteiger charge is 2.20. The van der Waals surface area contributed by atoms with Gasteiger partial charge < -0.3 is 28.4 Å². The van der Waals surface area contributed by atoms with Crippen molar-refractivity contribution in [3.8, 4) is 22.9 Å². The fourth-order valence-corrected chi connectivity index (χ4v) is 8.38. The van der Waals surface area contributed by atoms with Crippen molar-refractivity contribution in [2.75, 3.05) is 54.5 Å². The summed E-state index contributed by atoms with van der Waals surface area (Å²) in [5, 5.41) is 5.02. The van der Waals surface area contributed by atoms with Crippen molar-refractivity contribution < 1.29 is 9.47 Å². The van der Waals surface area contributed by atoms with Crippen LogP contribution in [0, 0.1) is 13.8 Å². The molecule has 0 saturated heterocycles. The Bertz CT molecular complexity index is 2330. The zero-order valence-electron chi connectivity index (χ0n) is 32.4. The molecule has 274 valence electrons. The molecule has 2 heterocycles. The molecule has 0 unspecified atom stereocenters. The minimum atomic E-state index is 0.904. The number of aryl methyl sites for hydroxylation is 2. The molecule has 0 bridgehead atoms. The molecule has 8 aromatic rings. The van der Waals surface area contributed by atoms with Crippen LogP contribution in [0.2, 0.25) is 0 Å². The zero-order valence-corrected chi connectivity index (χ0v) is 32.4. The molecule has 0 N–H and O–H groups in total. The summed E-state index contributed by atoms with van der Waals surface area (Å²) in [5.41, 5.74) is 11.9. The number of likely N-dealkylation sites (N-methyl/N-ethyl adjacent to an activating group) is 2. The van der Waals surface area contributed by atoms with Crippen LogP contribution < -0.4 is 9.47 Å². The molecule has 0 radical (unpaired) electrons. The number of rotatable bonds is 13. The first-order valence-corrected chi connectivity index (χ1v) is 19.1. The van der Waals surface area contributed by atoms with E-state index in [-0.39, 0.29) is 0 Å². The third kappa shape index (κ3) is 6.50. The number of ether oxygens (including phenoxy) is 2. The molecule has 0 atom stereocenters. The highest BCUT2D eigenvalue weighted by Crippen LogP contribution is 2.39. The second-order valence-electron chi connectivity index (χ2n) is 14.8. The van der Waals surface area contributed by atoms with Gasteiger partial charge in [0.05, 0.1) is 47.7 Å². The molecule has 0 aliphatic rings. The Hall–Kier alpha value is -5.56. The second-order valence-corrected chi connectivity index (χ2v) is 14.8. The summed E-state index contributed by atoms with van der Waals surface area (Å²) in [6.07, 6.45) is 1.81. The summed E-state index contributed by atoms with van der Waals surface area (Å²) in [7, 11) is 8.07. The predicted molar refractivity (Wildman–Crippen MR) is 227 cm³/mol. The number of benzene rings is 6. The SMILES string of the molecule is COc1c(CCN(C)CCN(C)CCc2cc(C)cc(-n3c4ccccc4c4ccccc43)c2OC)cc(C)cc1-n1c2ccccc2c2ccccc21. The lowest BCUT2D eigenvalue weighted by Gasteiger charge is -2.24. The summed E-state index contributed by atoms with van der Waals surface area (Å²) in [6.45, 7) is 8.20. The van der Waals surface area contributed by atoms with E-state index in [0.29, 0.717) is 0 Å². The standard InChI is InChI=1S/C48H50N4O2/c1-33-29-35(47(53-5)45(31-33)51-41-19-11-7-15-37(41)38-16-8-12-20-42(38)51)23-25-49(3)27-28-50(4)26-24-36-30-34(2)32-46(48(36)54-6)52-43-21-13-9-17-39(43)40-18-10-14-22-44(40)52/h7-22,29-32H,23-28H2,1-6H3. The number of aromatic nitrogens is 2. The van der Waals surface area contributed by atoms with Crippen LogP contribution in [0.1, 0.15) is 22.3 Å². The fourth-order valence-electron chi connectivity index (χ4n) is 8.38. The average molecular weight is 715 g/mol. The molecule has 54 heavy (non-hydrogen) atoms. The molecule has 0 aliphatic carbocycles. The normalized spacial score (nSPS) is 11.9. The number of hydrogen-bond donors (Lipinski definition) is 0. The number of para-hydroxylation sites is 4. The van der Waals surface area contributed by atoms with Crippen molar-refractivity contribution in [2.45, 2.75) is 26.7 Å². The van der Waals surface area contributed by atoms with Gasteiger partial charge in [-0.3, -0.25) is 0 Å². The van der Waals surface area contributed by atoms with Gasteiger partial charge in [0.25, 0.3) is 0 Å². The molecule has 6 heteroatoms. The van der Waals surface area contributed by atoms with E-state index in [2.05, 4.69) is 168 Å². The third-order valence-electron chi connectivity index (χ3n) is 11.0. The zero-order chi connectivity index (χ0) is 37.3. The molecule has 0 amide bonds. The number of hydrogen-bond acceptors (Lipinski definition) is 4. The van der Waals surface area contributed by atoms with Gasteiger partial charge in [-0.25, -0.2) is 0 Å². The molecule has 8 rings (SSSR count). The van der Waals surface area contributed by atoms with Gasteiger partial charge in [-0.15, -0.1) is 0 Å². The van der Waals surface area contributed by atoms with Crippen LogP contribution in [0.4, 0.5) is 0 Å². The lowest BCUT2D eigenvalue weighted by molar-refractivity contribution is 0.258. The topological polar surface area (TPSA) is 34.8 Å². The van der Waals surface area contributed by atoms with Crippen LogP contribution in [0.3, 0.4) is 0 Å². The highest BCUT2D eigenvalue weighted by atomic mass is 16.5. The van der Waals surface area contributed by atoms with E-state index >= 15 is 0 Å². The van der Waals surface area contributed by atoms with Gasteiger partial charge in [-0.1, -0.05) is 84.9 Å². The van der Waals surface area contributed by atoms with Crippen LogP contribution >= 0.6 is 0 Å². The average Bonchev–Trinajstić information content (AvgIpc) is 3.71. The summed E-state index contributed by atoms with van der Waals surface area (Å²) >= 11 is 0. The quantitative estimate of drug-likeness (QED) is 0.119. The lowest BCUT2D eigenvalue weighted by atomic mass is 10.0. The van der Waals surface area contributed by atoms with E-state index in [1.807, 2.05) is 0 Å². The van der Waals surface area contributed by atoms with Gasteiger partial charge in [0, 0.05) is 47.7 Å². The van der Waals surface area contributed by atoms with E-state index in [9.17, 15) is 0 Å². The lowest BCUT2D eigenvalue weighted by Crippen LogP contribution is -2.33. The van der Waals surface area contributed by atoms with Crippen molar-refractivity contribution >= 4 is 43.6 Å². The van der Waals surface area contributed by atoms with Gasteiger partial charge in [-0.05, 0) is 99.4 Å². The van der Waals surface area contributed by atoms with Gasteiger partial charge >= 0.3 is 0 Å². The highest BCUT2D eigenvalue weighted by molar-refractivity contribution is 6.10.